The molecule has 0 bridgehead atoms. The number of benzene rings is 1. The Balaban J connectivity index is 1.47. The number of hydrogen-bond acceptors (Lipinski definition) is 6. The maximum atomic E-state index is 13.4. The van der Waals surface area contributed by atoms with Gasteiger partial charge in [-0.3, -0.25) is 9.48 Å². The third kappa shape index (κ3) is 4.48. The molecule has 0 fully saturated rings. The molecule has 1 amide bonds. The molecule has 0 saturated carbocycles. The van der Waals surface area contributed by atoms with Crippen LogP contribution >= 0.6 is 0 Å². The molecule has 1 aromatic carbocycles. The Morgan fingerprint density at radius 1 is 1.15 bits per heavy atom. The molecule has 1 atom stereocenters. The summed E-state index contributed by atoms with van der Waals surface area (Å²) >= 11 is 0. The van der Waals surface area contributed by atoms with Crippen LogP contribution in [0.2, 0.25) is 0 Å². The Morgan fingerprint density at radius 2 is 1.85 bits per heavy atom. The summed E-state index contributed by atoms with van der Waals surface area (Å²) in [6.45, 7) is 6.20. The summed E-state index contributed by atoms with van der Waals surface area (Å²) in [5, 5.41) is 10.2. The van der Waals surface area contributed by atoms with Crippen molar-refractivity contribution in [3.8, 4) is 0 Å². The second-order valence-electron chi connectivity index (χ2n) is 8.39. The Bertz CT molecular complexity index is 1190. The van der Waals surface area contributed by atoms with Crippen LogP contribution in [-0.4, -0.2) is 38.7 Å². The molecule has 0 radical (unpaired) electrons. The van der Waals surface area contributed by atoms with E-state index in [0.29, 0.717) is 29.7 Å². The van der Waals surface area contributed by atoms with Gasteiger partial charge in [-0.15, -0.1) is 0 Å². The summed E-state index contributed by atoms with van der Waals surface area (Å²) in [6.07, 6.45) is 3.31. The van der Waals surface area contributed by atoms with Gasteiger partial charge in [0, 0.05) is 25.4 Å². The molecule has 33 heavy (non-hydrogen) atoms. The first-order valence-electron chi connectivity index (χ1n) is 10.4. The SMILES string of the molecule is Cc1nc(NCc2cnn(Cc3cc(F)c(F)c(F)c3)c2)nc2c1NC(=O)C(C(C)C)N2C. The first-order valence-corrected chi connectivity index (χ1v) is 10.4. The fraction of sp³-hybridized carbons (Fsp3) is 0.364. The van der Waals surface area contributed by atoms with Crippen molar-refractivity contribution in [3.05, 3.63) is 58.8 Å². The van der Waals surface area contributed by atoms with Crippen molar-refractivity contribution in [1.82, 2.24) is 19.7 Å². The topological polar surface area (TPSA) is 88.0 Å². The van der Waals surface area contributed by atoms with E-state index in [2.05, 4.69) is 25.7 Å². The van der Waals surface area contributed by atoms with Gasteiger partial charge in [-0.05, 0) is 30.5 Å². The zero-order valence-electron chi connectivity index (χ0n) is 18.7. The van der Waals surface area contributed by atoms with Crippen LogP contribution in [0.4, 0.5) is 30.6 Å². The summed E-state index contributed by atoms with van der Waals surface area (Å²) in [6, 6.07) is 1.56. The van der Waals surface area contributed by atoms with Crippen LogP contribution in [-0.2, 0) is 17.9 Å². The number of likely N-dealkylation sites (N-methyl/N-ethyl adjacent to an activating group) is 1. The number of halogens is 3. The van der Waals surface area contributed by atoms with Gasteiger partial charge in [-0.1, -0.05) is 13.8 Å². The molecule has 3 aromatic rings. The number of fused-ring (bicyclic) bond motifs is 1. The molecule has 2 aromatic heterocycles. The number of carbonyl (C=O) groups is 1. The maximum Gasteiger partial charge on any atom is 0.247 e. The second-order valence-corrected chi connectivity index (χ2v) is 8.39. The molecule has 8 nitrogen and oxygen atoms in total. The first kappa shape index (κ1) is 22.6. The van der Waals surface area contributed by atoms with E-state index in [-0.39, 0.29) is 30.0 Å². The van der Waals surface area contributed by atoms with Crippen LogP contribution in [0, 0.1) is 30.3 Å². The number of nitrogens with zero attached hydrogens (tertiary/aromatic N) is 5. The molecule has 3 heterocycles. The Kier molecular flexibility index (Phi) is 5.96. The number of carbonyl (C=O) groups excluding carboxylic acids is 1. The molecular formula is C22H24F3N7O. The molecule has 1 unspecified atom stereocenters. The lowest BCUT2D eigenvalue weighted by atomic mass is 9.99. The number of rotatable bonds is 6. The van der Waals surface area contributed by atoms with Crippen LogP contribution in [0.3, 0.4) is 0 Å². The summed E-state index contributed by atoms with van der Waals surface area (Å²) in [5.74, 6) is -2.91. The van der Waals surface area contributed by atoms with Crippen molar-refractivity contribution >= 4 is 23.4 Å². The Morgan fingerprint density at radius 3 is 2.52 bits per heavy atom. The highest BCUT2D eigenvalue weighted by Gasteiger charge is 2.35. The lowest BCUT2D eigenvalue weighted by Gasteiger charge is -2.36. The quantitative estimate of drug-likeness (QED) is 0.549. The van der Waals surface area contributed by atoms with E-state index in [1.54, 1.807) is 19.3 Å². The van der Waals surface area contributed by atoms with Gasteiger partial charge in [0.1, 0.15) is 11.7 Å². The minimum atomic E-state index is -1.49. The maximum absolute atomic E-state index is 13.4. The van der Waals surface area contributed by atoms with Gasteiger partial charge in [-0.25, -0.2) is 18.2 Å². The van der Waals surface area contributed by atoms with E-state index in [1.807, 2.05) is 25.8 Å². The van der Waals surface area contributed by atoms with Crippen LogP contribution in [0.25, 0.3) is 0 Å². The van der Waals surface area contributed by atoms with Gasteiger partial charge in [0.05, 0.1) is 18.4 Å². The van der Waals surface area contributed by atoms with E-state index in [4.69, 9.17) is 0 Å². The zero-order chi connectivity index (χ0) is 23.9. The van der Waals surface area contributed by atoms with Crippen LogP contribution in [0.15, 0.2) is 24.5 Å². The van der Waals surface area contributed by atoms with E-state index < -0.39 is 17.5 Å². The highest BCUT2D eigenvalue weighted by molar-refractivity contribution is 6.03. The fourth-order valence-corrected chi connectivity index (χ4v) is 3.94. The van der Waals surface area contributed by atoms with E-state index in [0.717, 1.165) is 17.7 Å². The van der Waals surface area contributed by atoms with Crippen LogP contribution in [0.1, 0.15) is 30.7 Å². The minimum Gasteiger partial charge on any atom is -0.350 e. The lowest BCUT2D eigenvalue weighted by Crippen LogP contribution is -2.49. The highest BCUT2D eigenvalue weighted by Crippen LogP contribution is 2.34. The zero-order valence-corrected chi connectivity index (χ0v) is 18.7. The van der Waals surface area contributed by atoms with Gasteiger partial charge >= 0.3 is 0 Å². The van der Waals surface area contributed by atoms with Crippen LogP contribution < -0.4 is 15.5 Å². The van der Waals surface area contributed by atoms with Gasteiger partial charge in [0.2, 0.25) is 11.9 Å². The standard InChI is InChI=1S/C22H24F3N7O/c1-11(2)19-21(33)29-18-12(3)28-22(30-20(18)31(19)4)26-7-14-8-27-32(10-14)9-13-5-15(23)17(25)16(24)6-13/h5-6,8,10-11,19H,7,9H2,1-4H3,(H,29,33)(H,26,28,30). The summed E-state index contributed by atoms with van der Waals surface area (Å²) in [4.78, 5) is 23.3. The number of anilines is 3. The van der Waals surface area contributed by atoms with Crippen molar-refractivity contribution in [2.24, 2.45) is 5.92 Å². The molecule has 174 valence electrons. The van der Waals surface area contributed by atoms with Crippen molar-refractivity contribution in [2.45, 2.75) is 39.9 Å². The van der Waals surface area contributed by atoms with Crippen LogP contribution in [0.5, 0.6) is 0 Å². The largest absolute Gasteiger partial charge is 0.350 e. The predicted octanol–water partition coefficient (Wildman–Crippen LogP) is 3.47. The average Bonchev–Trinajstić information content (AvgIpc) is 3.18. The number of amides is 1. The molecule has 2 N–H and O–H groups in total. The van der Waals surface area contributed by atoms with Gasteiger partial charge < -0.3 is 15.5 Å². The van der Waals surface area contributed by atoms with Crippen molar-refractivity contribution in [2.75, 3.05) is 22.6 Å². The third-order valence-corrected chi connectivity index (χ3v) is 5.50. The predicted molar refractivity (Wildman–Crippen MR) is 117 cm³/mol. The van der Waals surface area contributed by atoms with Gasteiger partial charge in [-0.2, -0.15) is 10.1 Å². The molecule has 0 aliphatic carbocycles. The van der Waals surface area contributed by atoms with Gasteiger partial charge in [0.25, 0.3) is 0 Å². The van der Waals surface area contributed by atoms with Gasteiger partial charge in [0.15, 0.2) is 23.3 Å². The third-order valence-electron chi connectivity index (χ3n) is 5.50. The fourth-order valence-electron chi connectivity index (χ4n) is 3.94. The van der Waals surface area contributed by atoms with E-state index >= 15 is 0 Å². The summed E-state index contributed by atoms with van der Waals surface area (Å²) in [5.41, 5.74) is 2.28. The number of aryl methyl sites for hydroxylation is 1. The van der Waals surface area contributed by atoms with Crippen molar-refractivity contribution < 1.29 is 18.0 Å². The normalized spacial score (nSPS) is 15.6. The molecule has 0 saturated heterocycles. The van der Waals surface area contributed by atoms with E-state index in [9.17, 15) is 18.0 Å². The number of hydrogen-bond donors (Lipinski definition) is 2. The molecule has 1 aliphatic rings. The summed E-state index contributed by atoms with van der Waals surface area (Å²) in [7, 11) is 1.84. The van der Waals surface area contributed by atoms with Crippen molar-refractivity contribution in [3.63, 3.8) is 0 Å². The monoisotopic (exact) mass is 459 g/mol. The number of nitrogens with one attached hydrogen (secondary N) is 2. The minimum absolute atomic E-state index is 0.0826. The Labute approximate surface area is 188 Å². The molecule has 1 aliphatic heterocycles. The smallest absolute Gasteiger partial charge is 0.247 e. The highest BCUT2D eigenvalue weighted by atomic mass is 19.2. The second kappa shape index (κ2) is 8.72. The lowest BCUT2D eigenvalue weighted by molar-refractivity contribution is -0.118. The summed E-state index contributed by atoms with van der Waals surface area (Å²) < 4.78 is 41.5. The molecular weight excluding hydrogens is 435 g/mol. The average molecular weight is 459 g/mol. The first-order chi connectivity index (χ1) is 15.6. The molecule has 11 heteroatoms. The van der Waals surface area contributed by atoms with E-state index in [1.165, 1.54) is 4.68 Å². The molecule has 4 rings (SSSR count). The number of aromatic nitrogens is 4. The Hall–Kier alpha value is -3.63. The molecule has 0 spiro atoms. The van der Waals surface area contributed by atoms with Crippen molar-refractivity contribution in [1.29, 1.82) is 0 Å².